The summed E-state index contributed by atoms with van der Waals surface area (Å²) in [6.45, 7) is 2.13. The van der Waals surface area contributed by atoms with Crippen molar-refractivity contribution in [2.45, 2.75) is 38.6 Å². The summed E-state index contributed by atoms with van der Waals surface area (Å²) < 4.78 is 0. The molecule has 1 heterocycles. The van der Waals surface area contributed by atoms with E-state index in [4.69, 9.17) is 0 Å². The summed E-state index contributed by atoms with van der Waals surface area (Å²) in [5, 5.41) is 10.2. The normalized spacial score (nSPS) is 12.7. The van der Waals surface area contributed by atoms with Crippen LogP contribution in [0.2, 0.25) is 0 Å². The van der Waals surface area contributed by atoms with Crippen LogP contribution in [0.15, 0.2) is 12.1 Å². The Labute approximate surface area is 93.9 Å². The minimum absolute atomic E-state index is 0.137. The molecule has 15 heavy (non-hydrogen) atoms. The number of carboxylic acid groups (broad SMARTS) is 1. The number of quaternary nitrogens is 1. The zero-order chi connectivity index (χ0) is 11.3. The van der Waals surface area contributed by atoms with Crippen LogP contribution in [0.4, 0.5) is 0 Å². The number of thiophene rings is 1. The van der Waals surface area contributed by atoms with E-state index in [1.54, 1.807) is 11.3 Å². The van der Waals surface area contributed by atoms with Crippen molar-refractivity contribution in [3.05, 3.63) is 21.9 Å². The summed E-state index contributed by atoms with van der Waals surface area (Å²) in [7, 11) is 0. The smallest absolute Gasteiger partial charge is 0.119 e. The van der Waals surface area contributed by atoms with Gasteiger partial charge < -0.3 is 15.6 Å². The summed E-state index contributed by atoms with van der Waals surface area (Å²) in [5.41, 5.74) is 4.05. The standard InChI is InChI=1S/C11H17NO2S/c1-2-8-6-7-10(15-8)9(12)4-3-5-11(13)14/h6-7,9H,2-5,12H2,1H3,(H,13,14)/t9-/m0/s1. The summed E-state index contributed by atoms with van der Waals surface area (Å²) in [6, 6.07) is 4.44. The van der Waals surface area contributed by atoms with Crippen molar-refractivity contribution in [1.29, 1.82) is 0 Å². The molecule has 0 unspecified atom stereocenters. The molecule has 1 aromatic rings. The summed E-state index contributed by atoms with van der Waals surface area (Å²) in [5.74, 6) is -0.970. The Morgan fingerprint density at radius 2 is 2.33 bits per heavy atom. The molecular formula is C11H17NO2S. The fraction of sp³-hybridized carbons (Fsp3) is 0.545. The number of carbonyl (C=O) groups is 1. The second kappa shape index (κ2) is 5.88. The van der Waals surface area contributed by atoms with Gasteiger partial charge in [-0.15, -0.1) is 11.3 Å². The molecule has 0 amide bonds. The maximum Gasteiger partial charge on any atom is 0.119 e. The molecule has 0 bridgehead atoms. The Hall–Kier alpha value is -0.870. The van der Waals surface area contributed by atoms with Crippen LogP contribution in [0.3, 0.4) is 0 Å². The van der Waals surface area contributed by atoms with Gasteiger partial charge in [-0.3, -0.25) is 0 Å². The first-order chi connectivity index (χ1) is 7.13. The van der Waals surface area contributed by atoms with E-state index in [1.165, 1.54) is 9.75 Å². The molecule has 0 saturated heterocycles. The van der Waals surface area contributed by atoms with Crippen molar-refractivity contribution in [2.24, 2.45) is 0 Å². The Bertz CT molecular complexity index is 322. The second-order valence-corrected chi connectivity index (χ2v) is 4.82. The van der Waals surface area contributed by atoms with E-state index in [-0.39, 0.29) is 12.5 Å². The first-order valence-electron chi connectivity index (χ1n) is 5.25. The molecule has 1 aromatic heterocycles. The van der Waals surface area contributed by atoms with Crippen molar-refractivity contribution in [2.75, 3.05) is 0 Å². The van der Waals surface area contributed by atoms with Crippen molar-refractivity contribution in [3.63, 3.8) is 0 Å². The summed E-state index contributed by atoms with van der Waals surface area (Å²) in [4.78, 5) is 12.9. The van der Waals surface area contributed by atoms with Gasteiger partial charge in [-0.2, -0.15) is 0 Å². The number of rotatable bonds is 6. The van der Waals surface area contributed by atoms with Gasteiger partial charge in [0.15, 0.2) is 0 Å². The number of carboxylic acids is 1. The van der Waals surface area contributed by atoms with Crippen molar-refractivity contribution in [1.82, 2.24) is 0 Å². The molecular weight excluding hydrogens is 210 g/mol. The summed E-state index contributed by atoms with van der Waals surface area (Å²) >= 11 is 1.77. The fourth-order valence-electron chi connectivity index (χ4n) is 1.44. The molecule has 0 radical (unpaired) electrons. The Morgan fingerprint density at radius 3 is 2.87 bits per heavy atom. The van der Waals surface area contributed by atoms with Crippen LogP contribution in [0, 0.1) is 0 Å². The van der Waals surface area contributed by atoms with Crippen LogP contribution in [0.25, 0.3) is 0 Å². The number of aryl methyl sites for hydroxylation is 1. The van der Waals surface area contributed by atoms with Gasteiger partial charge in [-0.1, -0.05) is 6.92 Å². The Kier molecular flexibility index (Phi) is 4.78. The van der Waals surface area contributed by atoms with Crippen LogP contribution >= 0.6 is 11.3 Å². The monoisotopic (exact) mass is 227 g/mol. The van der Waals surface area contributed by atoms with Gasteiger partial charge in [0.2, 0.25) is 0 Å². The first kappa shape index (κ1) is 12.2. The van der Waals surface area contributed by atoms with E-state index in [1.807, 2.05) is 0 Å². The highest BCUT2D eigenvalue weighted by atomic mass is 32.1. The van der Waals surface area contributed by atoms with Gasteiger partial charge in [0.1, 0.15) is 6.04 Å². The molecule has 0 aliphatic heterocycles. The fourth-order valence-corrected chi connectivity index (χ4v) is 2.44. The first-order valence-corrected chi connectivity index (χ1v) is 6.06. The molecule has 84 valence electrons. The molecule has 0 aliphatic carbocycles. The van der Waals surface area contributed by atoms with E-state index in [9.17, 15) is 9.90 Å². The molecule has 1 atom stereocenters. The molecule has 0 aromatic carbocycles. The topological polar surface area (TPSA) is 67.8 Å². The number of aliphatic carboxylic acids is 1. The highest BCUT2D eigenvalue weighted by Crippen LogP contribution is 2.24. The maximum absolute atomic E-state index is 10.2. The minimum atomic E-state index is -0.970. The highest BCUT2D eigenvalue weighted by molar-refractivity contribution is 7.12. The number of hydrogen-bond acceptors (Lipinski definition) is 3. The lowest BCUT2D eigenvalue weighted by atomic mass is 10.1. The zero-order valence-corrected chi connectivity index (χ0v) is 9.81. The van der Waals surface area contributed by atoms with Gasteiger partial charge in [0, 0.05) is 17.3 Å². The zero-order valence-electron chi connectivity index (χ0n) is 8.99. The van der Waals surface area contributed by atoms with Crippen LogP contribution < -0.4 is 10.8 Å². The van der Waals surface area contributed by atoms with Crippen molar-refractivity contribution < 1.29 is 15.6 Å². The average Bonchev–Trinajstić information content (AvgIpc) is 2.65. The third-order valence-electron chi connectivity index (χ3n) is 2.37. The predicted molar refractivity (Wildman–Crippen MR) is 58.2 cm³/mol. The highest BCUT2D eigenvalue weighted by Gasteiger charge is 2.11. The van der Waals surface area contributed by atoms with Crippen LogP contribution in [-0.2, 0) is 11.2 Å². The third-order valence-corrected chi connectivity index (χ3v) is 3.76. The van der Waals surface area contributed by atoms with Gasteiger partial charge in [-0.05, 0) is 31.4 Å². The molecule has 0 saturated carbocycles. The molecule has 0 spiro atoms. The van der Waals surface area contributed by atoms with Gasteiger partial charge in [0.05, 0.1) is 4.88 Å². The van der Waals surface area contributed by atoms with Crippen molar-refractivity contribution >= 4 is 17.3 Å². The number of hydrogen-bond donors (Lipinski definition) is 1. The van der Waals surface area contributed by atoms with Gasteiger partial charge >= 0.3 is 0 Å². The predicted octanol–water partition coefficient (Wildman–Crippen LogP) is 0.514. The van der Waals surface area contributed by atoms with Gasteiger partial charge in [0.25, 0.3) is 0 Å². The van der Waals surface area contributed by atoms with E-state index in [2.05, 4.69) is 24.8 Å². The number of carbonyl (C=O) groups excluding carboxylic acids is 1. The molecule has 3 nitrogen and oxygen atoms in total. The van der Waals surface area contributed by atoms with E-state index in [0.717, 1.165) is 12.8 Å². The maximum atomic E-state index is 10.2. The quantitative estimate of drug-likeness (QED) is 0.769. The van der Waals surface area contributed by atoms with E-state index >= 15 is 0 Å². The van der Waals surface area contributed by atoms with Crippen LogP contribution in [0.1, 0.15) is 42.0 Å². The van der Waals surface area contributed by atoms with E-state index in [0.29, 0.717) is 6.42 Å². The van der Waals surface area contributed by atoms with Crippen LogP contribution in [-0.4, -0.2) is 5.97 Å². The SMILES string of the molecule is CCc1ccc([C@@H]([NH3+])CCCC(=O)[O-])s1. The van der Waals surface area contributed by atoms with Crippen LogP contribution in [0.5, 0.6) is 0 Å². The lowest BCUT2D eigenvalue weighted by molar-refractivity contribution is -0.427. The third kappa shape index (κ3) is 4.01. The summed E-state index contributed by atoms with van der Waals surface area (Å²) in [6.07, 6.45) is 2.65. The molecule has 3 N–H and O–H groups in total. The molecule has 4 heteroatoms. The minimum Gasteiger partial charge on any atom is -0.550 e. The average molecular weight is 227 g/mol. The lowest BCUT2D eigenvalue weighted by Gasteiger charge is -2.06. The molecule has 1 rings (SSSR count). The molecule has 0 fully saturated rings. The van der Waals surface area contributed by atoms with E-state index < -0.39 is 5.97 Å². The second-order valence-electron chi connectivity index (χ2n) is 3.62. The lowest BCUT2D eigenvalue weighted by Crippen LogP contribution is -2.53. The Morgan fingerprint density at radius 1 is 1.60 bits per heavy atom. The largest absolute Gasteiger partial charge is 0.550 e. The molecule has 0 aliphatic rings. The van der Waals surface area contributed by atoms with Gasteiger partial charge in [-0.25, -0.2) is 0 Å². The Balaban J connectivity index is 2.39. The van der Waals surface area contributed by atoms with Crippen molar-refractivity contribution in [3.8, 4) is 0 Å².